The normalized spacial score (nSPS) is 11.2. The number of phosphoric acid groups is 1. The van der Waals surface area contributed by atoms with Crippen molar-refractivity contribution in [3.63, 3.8) is 0 Å². The maximum Gasteiger partial charge on any atom is 0.550 e. The quantitative estimate of drug-likeness (QED) is 0.0627. The van der Waals surface area contributed by atoms with Gasteiger partial charge in [0, 0.05) is 13.6 Å². The van der Waals surface area contributed by atoms with Crippen LogP contribution in [-0.4, -0.2) is 135 Å². The molecule has 0 aliphatic heterocycles. The zero-order valence-corrected chi connectivity index (χ0v) is 46.1. The molecule has 0 saturated heterocycles. The summed E-state index contributed by atoms with van der Waals surface area (Å²) in [6.45, 7) is 14.4. The highest BCUT2D eigenvalue weighted by Crippen LogP contribution is 2.45. The second-order valence-electron chi connectivity index (χ2n) is 17.5. The Morgan fingerprint density at radius 3 is 1.65 bits per heavy atom. The van der Waals surface area contributed by atoms with E-state index in [1.807, 2.05) is 12.1 Å². The number of nitrogens with zero attached hydrogens (tertiary/aromatic N) is 14. The van der Waals surface area contributed by atoms with Gasteiger partial charge in [0.2, 0.25) is 0 Å². The molecule has 28 nitrogen and oxygen atoms in total. The van der Waals surface area contributed by atoms with Crippen molar-refractivity contribution in [2.24, 2.45) is 7.05 Å². The molecular formula is C50H59N15O13P+. The van der Waals surface area contributed by atoms with E-state index < -0.39 is 42.2 Å². The number of carbonyl (C=O) groups is 2. The molecule has 0 unspecified atom stereocenters. The second-order valence-corrected chi connectivity index (χ2v) is 19.1. The van der Waals surface area contributed by atoms with Crippen molar-refractivity contribution in [1.82, 2.24) is 70.7 Å². The summed E-state index contributed by atoms with van der Waals surface area (Å²) in [4.78, 5) is 85.9. The molecular weight excluding hydrogens is 1050 g/mol. The van der Waals surface area contributed by atoms with Gasteiger partial charge in [-0.1, -0.05) is 66.4 Å². The van der Waals surface area contributed by atoms with E-state index in [0.29, 0.717) is 59.0 Å². The molecule has 0 atom stereocenters. The number of aryl methyl sites for hydroxylation is 1. The zero-order chi connectivity index (χ0) is 58.0. The van der Waals surface area contributed by atoms with Gasteiger partial charge in [-0.25, -0.2) is 28.3 Å². The molecule has 1 amide bonds. The van der Waals surface area contributed by atoms with Gasteiger partial charge in [-0.3, -0.25) is 37.7 Å². The number of ether oxygens (including phenoxy) is 1. The van der Waals surface area contributed by atoms with Crippen LogP contribution in [0, 0.1) is 0 Å². The monoisotopic (exact) mass is 1110 g/mol. The molecule has 8 aromatic rings. The maximum atomic E-state index is 12.3. The third kappa shape index (κ3) is 16.8. The van der Waals surface area contributed by atoms with Gasteiger partial charge in [0.05, 0.1) is 73.7 Å². The van der Waals surface area contributed by atoms with Crippen molar-refractivity contribution in [1.29, 1.82) is 0 Å². The van der Waals surface area contributed by atoms with Crippen LogP contribution in [0.2, 0.25) is 0 Å². The van der Waals surface area contributed by atoms with Crippen LogP contribution in [0.3, 0.4) is 0 Å². The Bertz CT molecular complexity index is 3880. The Labute approximate surface area is 449 Å². The number of hydrogen-bond donors (Lipinski definition) is 1. The van der Waals surface area contributed by atoms with Crippen LogP contribution in [0.25, 0.3) is 45.4 Å². The lowest BCUT2D eigenvalue weighted by atomic mass is 10.1. The van der Waals surface area contributed by atoms with Crippen LogP contribution in [-0.2, 0) is 31.9 Å². The minimum absolute atomic E-state index is 0.104. The molecule has 0 aliphatic rings. The zero-order valence-electron chi connectivity index (χ0n) is 45.2. The van der Waals surface area contributed by atoms with E-state index in [2.05, 4.69) is 53.1 Å². The number of alkyl carbamates (subject to hydrolysis) is 1. The van der Waals surface area contributed by atoms with E-state index in [4.69, 9.17) is 28.1 Å². The van der Waals surface area contributed by atoms with Gasteiger partial charge >= 0.3 is 42.6 Å². The number of amidine groups is 1. The minimum atomic E-state index is -3.89. The average molecular weight is 1110 g/mol. The molecule has 416 valence electrons. The SMILES string of the molecule is C=c1nnn(OC(N(C)C)=[N+](C)C)c(=O)/c1=C/C.CC(C)(C)OC(=O)NCc1ccc(C(=O)On2nnc3ccccc3c2=O)cc1.CCOP(=O)(OCC)On1nnc2ccccc2c1=O.Cn1nnc2ccccc2c1=O. The summed E-state index contributed by atoms with van der Waals surface area (Å²) < 4.78 is 35.1. The molecule has 4 heterocycles. The molecule has 1 N–H and O–H groups in total. The molecule has 4 aromatic heterocycles. The van der Waals surface area contributed by atoms with E-state index in [9.17, 15) is 33.3 Å². The van der Waals surface area contributed by atoms with Crippen LogP contribution in [0.1, 0.15) is 57.5 Å². The van der Waals surface area contributed by atoms with E-state index in [1.165, 1.54) is 16.8 Å². The number of rotatable bonds is 11. The van der Waals surface area contributed by atoms with E-state index >= 15 is 0 Å². The Morgan fingerprint density at radius 2 is 1.15 bits per heavy atom. The third-order valence-corrected chi connectivity index (χ3v) is 11.4. The number of amides is 1. The first kappa shape index (κ1) is 60.5. The van der Waals surface area contributed by atoms with E-state index in [1.54, 1.807) is 165 Å². The fourth-order valence-corrected chi connectivity index (χ4v) is 7.51. The summed E-state index contributed by atoms with van der Waals surface area (Å²) in [6.07, 6.45) is 1.10. The number of nitrogens with one attached hydrogen (secondary N) is 1. The average Bonchev–Trinajstić information content (AvgIpc) is 3.42. The molecule has 79 heavy (non-hydrogen) atoms. The lowest BCUT2D eigenvalue weighted by Crippen LogP contribution is -2.52. The standard InChI is InChI=1S/C20H20N4O5.C11H18N5O2.C11H14N3O5P.C8H7N3O/c1-20(2,3)28-19(27)21-12-13-8-10-14(11-9-13)18(26)29-24-17(25)15-6-4-5-7-16(15)22-23-24;1-7-9-8(2)12-13-16(10(9)17)18-11(14(3)4)15(5)6;1-3-17-20(16,18-4-2)19-14-11(15)9-7-5-6-8-10(9)12-13-14;1-11-8(12)6-4-2-3-5-7(6)9-10-11/h4-11H,12H2,1-3H3,(H,21,27);7H,2H2,1,3-6H3;5-8H,3-4H2,1-2H3;2-5H,1H3/q;+1;;/b;9-7+;;. The lowest BCUT2D eigenvalue weighted by molar-refractivity contribution is -0.480. The lowest BCUT2D eigenvalue weighted by Gasteiger charge is -2.19. The fourth-order valence-electron chi connectivity index (χ4n) is 6.41. The van der Waals surface area contributed by atoms with Crippen LogP contribution >= 0.6 is 7.82 Å². The van der Waals surface area contributed by atoms with Gasteiger partial charge in [0.25, 0.3) is 5.56 Å². The van der Waals surface area contributed by atoms with Crippen LogP contribution in [0.5, 0.6) is 0 Å². The number of aromatic nitrogens is 12. The number of benzene rings is 4. The molecule has 0 fully saturated rings. The van der Waals surface area contributed by atoms with Crippen molar-refractivity contribution >= 4 is 71.3 Å². The van der Waals surface area contributed by atoms with Gasteiger partial charge in [0.15, 0.2) is 0 Å². The molecule has 8 rings (SSSR count). The molecule has 0 bridgehead atoms. The largest absolute Gasteiger partial charge is 0.550 e. The number of phosphoric ester groups is 1. The highest BCUT2D eigenvalue weighted by molar-refractivity contribution is 7.48. The Hall–Kier alpha value is -9.40. The van der Waals surface area contributed by atoms with Crippen molar-refractivity contribution in [2.45, 2.75) is 53.7 Å². The van der Waals surface area contributed by atoms with E-state index in [0.717, 1.165) is 10.4 Å². The molecule has 29 heteroatoms. The molecule has 0 radical (unpaired) electrons. The smallest absolute Gasteiger partial charge is 0.444 e. The number of fused-ring (bicyclic) bond motifs is 3. The van der Waals surface area contributed by atoms with Crippen molar-refractivity contribution in [3.05, 3.63) is 160 Å². The van der Waals surface area contributed by atoms with Gasteiger partial charge in [0.1, 0.15) is 22.2 Å². The van der Waals surface area contributed by atoms with Crippen LogP contribution < -0.4 is 52.4 Å². The molecule has 0 aliphatic carbocycles. The van der Waals surface area contributed by atoms with Gasteiger partial charge in [-0.05, 0) is 126 Å². The topological polar surface area (TPSA) is 316 Å². The van der Waals surface area contributed by atoms with Crippen LogP contribution in [0.15, 0.2) is 116 Å². The summed E-state index contributed by atoms with van der Waals surface area (Å²) in [5.74, 6) is -0.761. The van der Waals surface area contributed by atoms with Crippen molar-refractivity contribution < 1.29 is 46.8 Å². The van der Waals surface area contributed by atoms with Gasteiger partial charge < -0.3 is 14.9 Å². The highest BCUT2D eigenvalue weighted by Gasteiger charge is 2.30. The Morgan fingerprint density at radius 1 is 0.684 bits per heavy atom. The summed E-state index contributed by atoms with van der Waals surface area (Å²) in [5, 5.41) is 34.3. The number of carbonyl (C=O) groups excluding carboxylic acids is 2. The molecule has 0 saturated carbocycles. The van der Waals surface area contributed by atoms with Crippen LogP contribution in [0.4, 0.5) is 4.79 Å². The van der Waals surface area contributed by atoms with Crippen molar-refractivity contribution in [2.75, 3.05) is 41.4 Å². The first-order chi connectivity index (χ1) is 37.5. The number of hydrogen-bond acceptors (Lipinski definition) is 21. The first-order valence-corrected chi connectivity index (χ1v) is 25.3. The Balaban J connectivity index is 0.000000203. The van der Waals surface area contributed by atoms with Gasteiger partial charge in [-0.15, -0.1) is 20.4 Å². The highest BCUT2D eigenvalue weighted by atomic mass is 31.2. The predicted octanol–water partition coefficient (Wildman–Crippen LogP) is 1.28. The summed E-state index contributed by atoms with van der Waals surface area (Å²) in [7, 11) is 4.91. The van der Waals surface area contributed by atoms with Crippen molar-refractivity contribution in [3.8, 4) is 0 Å². The Kier molecular flexibility index (Phi) is 21.1. The minimum Gasteiger partial charge on any atom is -0.444 e. The third-order valence-electron chi connectivity index (χ3n) is 9.93. The molecule has 0 spiro atoms. The molecule has 4 aromatic carbocycles. The second kappa shape index (κ2) is 27.6. The van der Waals surface area contributed by atoms with Gasteiger partial charge in [-0.2, -0.15) is 0 Å². The summed E-state index contributed by atoms with van der Waals surface area (Å²) in [5.41, 5.74) is 0.188. The fraction of sp³-hybridized carbons (Fsp3) is 0.300. The first-order valence-electron chi connectivity index (χ1n) is 23.9. The maximum absolute atomic E-state index is 12.3. The summed E-state index contributed by atoms with van der Waals surface area (Å²) in [6, 6.07) is 27.2. The predicted molar refractivity (Wildman–Crippen MR) is 289 cm³/mol. The summed E-state index contributed by atoms with van der Waals surface area (Å²) >= 11 is 0. The van der Waals surface area contributed by atoms with E-state index in [-0.39, 0.29) is 30.9 Å².